The number of aromatic nitrogens is 1. The SMILES string of the molecule is CCOC(=O)c1cc(C)cnc1CN. The predicted molar refractivity (Wildman–Crippen MR) is 52.8 cm³/mol. The standard InChI is InChI=1S/C10H14N2O2/c1-3-14-10(13)8-4-7(2)6-12-9(8)5-11/h4,6H,3,5,11H2,1-2H3. The van der Waals surface area contributed by atoms with Gasteiger partial charge in [-0.15, -0.1) is 0 Å². The second-order valence-corrected chi connectivity index (χ2v) is 2.93. The van der Waals surface area contributed by atoms with Crippen molar-refractivity contribution in [3.63, 3.8) is 0 Å². The van der Waals surface area contributed by atoms with Crippen LogP contribution in [0.4, 0.5) is 0 Å². The van der Waals surface area contributed by atoms with Crippen molar-refractivity contribution in [1.29, 1.82) is 0 Å². The normalized spacial score (nSPS) is 9.93. The van der Waals surface area contributed by atoms with Gasteiger partial charge in [0.05, 0.1) is 17.9 Å². The van der Waals surface area contributed by atoms with Crippen molar-refractivity contribution >= 4 is 5.97 Å². The highest BCUT2D eigenvalue weighted by Gasteiger charge is 2.12. The van der Waals surface area contributed by atoms with Gasteiger partial charge in [-0.3, -0.25) is 4.98 Å². The van der Waals surface area contributed by atoms with E-state index in [9.17, 15) is 4.79 Å². The van der Waals surface area contributed by atoms with Crippen LogP contribution in [-0.2, 0) is 11.3 Å². The monoisotopic (exact) mass is 194 g/mol. The molecule has 0 aliphatic carbocycles. The summed E-state index contributed by atoms with van der Waals surface area (Å²) in [4.78, 5) is 15.5. The van der Waals surface area contributed by atoms with Gasteiger partial charge in [0, 0.05) is 12.7 Å². The molecule has 0 saturated heterocycles. The van der Waals surface area contributed by atoms with Crippen LogP contribution in [0.25, 0.3) is 0 Å². The molecule has 1 aromatic heterocycles. The van der Waals surface area contributed by atoms with Gasteiger partial charge in [-0.1, -0.05) is 0 Å². The molecule has 0 atom stereocenters. The average Bonchev–Trinajstić information content (AvgIpc) is 2.18. The molecule has 0 bridgehead atoms. The zero-order valence-corrected chi connectivity index (χ0v) is 8.41. The van der Waals surface area contributed by atoms with Crippen LogP contribution >= 0.6 is 0 Å². The first-order valence-corrected chi connectivity index (χ1v) is 4.51. The second-order valence-electron chi connectivity index (χ2n) is 2.93. The zero-order valence-electron chi connectivity index (χ0n) is 8.41. The van der Waals surface area contributed by atoms with Crippen LogP contribution in [0, 0.1) is 6.92 Å². The maximum Gasteiger partial charge on any atom is 0.340 e. The van der Waals surface area contributed by atoms with Gasteiger partial charge in [0.15, 0.2) is 0 Å². The molecule has 0 amide bonds. The Bertz CT molecular complexity index is 337. The molecule has 0 fully saturated rings. The first-order chi connectivity index (χ1) is 6.69. The summed E-state index contributed by atoms with van der Waals surface area (Å²) in [6.07, 6.45) is 1.69. The third-order valence-electron chi connectivity index (χ3n) is 1.80. The first kappa shape index (κ1) is 10.7. The number of nitrogens with zero attached hydrogens (tertiary/aromatic N) is 1. The Morgan fingerprint density at radius 3 is 2.93 bits per heavy atom. The van der Waals surface area contributed by atoms with Crippen molar-refractivity contribution < 1.29 is 9.53 Å². The van der Waals surface area contributed by atoms with Gasteiger partial charge < -0.3 is 10.5 Å². The Morgan fingerprint density at radius 1 is 1.64 bits per heavy atom. The van der Waals surface area contributed by atoms with Gasteiger partial charge >= 0.3 is 5.97 Å². The molecule has 0 saturated carbocycles. The van der Waals surface area contributed by atoms with E-state index in [2.05, 4.69) is 4.98 Å². The van der Waals surface area contributed by atoms with E-state index in [4.69, 9.17) is 10.5 Å². The van der Waals surface area contributed by atoms with Gasteiger partial charge in [-0.05, 0) is 25.5 Å². The highest BCUT2D eigenvalue weighted by molar-refractivity contribution is 5.90. The van der Waals surface area contributed by atoms with E-state index in [0.717, 1.165) is 5.56 Å². The summed E-state index contributed by atoms with van der Waals surface area (Å²) in [5.74, 6) is -0.357. The van der Waals surface area contributed by atoms with Crippen molar-refractivity contribution in [1.82, 2.24) is 4.98 Å². The van der Waals surface area contributed by atoms with Gasteiger partial charge in [0.25, 0.3) is 0 Å². The molecule has 1 rings (SSSR count). The van der Waals surface area contributed by atoms with Crippen LogP contribution in [0.3, 0.4) is 0 Å². The van der Waals surface area contributed by atoms with Crippen molar-refractivity contribution in [3.05, 3.63) is 29.1 Å². The predicted octanol–water partition coefficient (Wildman–Crippen LogP) is 1.03. The minimum Gasteiger partial charge on any atom is -0.462 e. The van der Waals surface area contributed by atoms with Crippen LogP contribution in [0.5, 0.6) is 0 Å². The lowest BCUT2D eigenvalue weighted by atomic mass is 10.1. The summed E-state index contributed by atoms with van der Waals surface area (Å²) < 4.78 is 4.89. The molecule has 0 unspecified atom stereocenters. The van der Waals surface area contributed by atoms with E-state index in [1.807, 2.05) is 6.92 Å². The summed E-state index contributed by atoms with van der Waals surface area (Å²) in [7, 11) is 0. The highest BCUT2D eigenvalue weighted by Crippen LogP contribution is 2.09. The molecule has 14 heavy (non-hydrogen) atoms. The Morgan fingerprint density at radius 2 is 2.36 bits per heavy atom. The molecule has 0 spiro atoms. The maximum absolute atomic E-state index is 11.5. The van der Waals surface area contributed by atoms with Crippen LogP contribution in [0.15, 0.2) is 12.3 Å². The Kier molecular flexibility index (Phi) is 3.59. The molecule has 4 heteroatoms. The quantitative estimate of drug-likeness (QED) is 0.730. The number of pyridine rings is 1. The number of hydrogen-bond acceptors (Lipinski definition) is 4. The van der Waals surface area contributed by atoms with Gasteiger partial charge in [0.1, 0.15) is 0 Å². The fourth-order valence-electron chi connectivity index (χ4n) is 1.15. The number of nitrogens with two attached hydrogens (primary N) is 1. The summed E-state index contributed by atoms with van der Waals surface area (Å²) in [5, 5.41) is 0. The topological polar surface area (TPSA) is 65.2 Å². The fourth-order valence-corrected chi connectivity index (χ4v) is 1.15. The zero-order chi connectivity index (χ0) is 10.6. The van der Waals surface area contributed by atoms with Crippen LogP contribution in [0.2, 0.25) is 0 Å². The Balaban J connectivity index is 3.03. The second kappa shape index (κ2) is 4.72. The number of carbonyl (C=O) groups excluding carboxylic acids is 1. The molecule has 1 heterocycles. The average molecular weight is 194 g/mol. The Hall–Kier alpha value is -1.42. The van der Waals surface area contributed by atoms with E-state index in [1.165, 1.54) is 0 Å². The number of carbonyl (C=O) groups is 1. The summed E-state index contributed by atoms with van der Waals surface area (Å²) in [6.45, 7) is 4.24. The lowest BCUT2D eigenvalue weighted by Crippen LogP contribution is -2.12. The van der Waals surface area contributed by atoms with Crippen molar-refractivity contribution in [2.75, 3.05) is 6.61 Å². The number of esters is 1. The molecule has 0 aliphatic rings. The molecular weight excluding hydrogens is 180 g/mol. The molecular formula is C10H14N2O2. The van der Waals surface area contributed by atoms with Crippen LogP contribution < -0.4 is 5.73 Å². The smallest absolute Gasteiger partial charge is 0.340 e. The fraction of sp³-hybridized carbons (Fsp3) is 0.400. The van der Waals surface area contributed by atoms with E-state index in [0.29, 0.717) is 17.9 Å². The van der Waals surface area contributed by atoms with E-state index in [1.54, 1.807) is 19.2 Å². The third kappa shape index (κ3) is 2.29. The minimum atomic E-state index is -0.357. The molecule has 2 N–H and O–H groups in total. The maximum atomic E-state index is 11.5. The number of ether oxygens (including phenoxy) is 1. The summed E-state index contributed by atoms with van der Waals surface area (Å²) in [6, 6.07) is 1.74. The van der Waals surface area contributed by atoms with Crippen LogP contribution in [0.1, 0.15) is 28.5 Å². The number of hydrogen-bond donors (Lipinski definition) is 1. The Labute approximate surface area is 83.1 Å². The molecule has 0 radical (unpaired) electrons. The molecule has 76 valence electrons. The van der Waals surface area contributed by atoms with E-state index < -0.39 is 0 Å². The van der Waals surface area contributed by atoms with E-state index in [-0.39, 0.29) is 12.5 Å². The number of rotatable bonds is 3. The lowest BCUT2D eigenvalue weighted by Gasteiger charge is -2.06. The van der Waals surface area contributed by atoms with Crippen molar-refractivity contribution in [2.45, 2.75) is 20.4 Å². The first-order valence-electron chi connectivity index (χ1n) is 4.51. The minimum absolute atomic E-state index is 0.244. The molecule has 0 aromatic carbocycles. The van der Waals surface area contributed by atoms with Crippen molar-refractivity contribution in [3.8, 4) is 0 Å². The largest absolute Gasteiger partial charge is 0.462 e. The highest BCUT2D eigenvalue weighted by atomic mass is 16.5. The molecule has 0 aliphatic heterocycles. The van der Waals surface area contributed by atoms with E-state index >= 15 is 0 Å². The third-order valence-corrected chi connectivity index (χ3v) is 1.80. The van der Waals surface area contributed by atoms with Gasteiger partial charge in [0.2, 0.25) is 0 Å². The summed E-state index contributed by atoms with van der Waals surface area (Å²) in [5.41, 5.74) is 7.43. The lowest BCUT2D eigenvalue weighted by molar-refractivity contribution is 0.0524. The number of aryl methyl sites for hydroxylation is 1. The molecule has 1 aromatic rings. The van der Waals surface area contributed by atoms with Gasteiger partial charge in [-0.2, -0.15) is 0 Å². The summed E-state index contributed by atoms with van der Waals surface area (Å²) >= 11 is 0. The molecule has 4 nitrogen and oxygen atoms in total. The van der Waals surface area contributed by atoms with Crippen molar-refractivity contribution in [2.24, 2.45) is 5.73 Å². The van der Waals surface area contributed by atoms with Crippen LogP contribution in [-0.4, -0.2) is 17.6 Å². The van der Waals surface area contributed by atoms with Gasteiger partial charge in [-0.25, -0.2) is 4.79 Å².